The lowest BCUT2D eigenvalue weighted by atomic mass is 9.92. The van der Waals surface area contributed by atoms with Gasteiger partial charge in [0.05, 0.1) is 12.2 Å². The van der Waals surface area contributed by atoms with Crippen LogP contribution in [0.5, 0.6) is 0 Å². The van der Waals surface area contributed by atoms with Gasteiger partial charge in [-0.05, 0) is 90.0 Å². The third-order valence-electron chi connectivity index (χ3n) is 18.8. The molecule has 0 bridgehead atoms. The standard InChI is InChI=1S/C75H92F12O15/c1-7-8-9-10-11-12-13-14-15-31-45-59(101-66(91)70(95-5,74(82,83)84)55-38-25-18-26-39-55)61-47-48-62(100-61)60(102-67(92)71(96-6,75(85,86)87)56-40-27-19-28-41-56)46-33-32-43-57(98-64(89)68(93-3,72(76,77)78)53-34-21-16-22-35-53)42-29-20-30-44-58(50-52-49-51(2)97-63(52)88)99-65(90)69(94-4,73(79,80)81)54-36-23-17-24-37-54/h16-19,21-28,34-41,49,51,57-62H,7-15,20,29-33,42-48,50H2,1-6H3/t51-,57+,58+,59-,60+,61-,62+,68+,69+,70+,71+/m0/s1. The van der Waals surface area contributed by atoms with Gasteiger partial charge in [-0.25, -0.2) is 24.0 Å². The van der Waals surface area contributed by atoms with Crippen molar-refractivity contribution in [2.75, 3.05) is 28.4 Å². The molecule has 0 amide bonds. The number of carbonyl (C=O) groups excluding carboxylic acids is 5. The van der Waals surface area contributed by atoms with Crippen LogP contribution in [0.25, 0.3) is 0 Å². The van der Waals surface area contributed by atoms with Gasteiger partial charge in [-0.3, -0.25) is 0 Å². The summed E-state index contributed by atoms with van der Waals surface area (Å²) in [6, 6.07) is 23.8. The minimum absolute atomic E-state index is 0.00408. The summed E-state index contributed by atoms with van der Waals surface area (Å²) in [5, 5.41) is 0. The molecule has 1 saturated heterocycles. The van der Waals surface area contributed by atoms with Crippen molar-refractivity contribution < 1.29 is 124 Å². The number of benzene rings is 4. The number of hydrogen-bond donors (Lipinski definition) is 0. The Morgan fingerprint density at radius 2 is 0.676 bits per heavy atom. The topological polar surface area (TPSA) is 178 Å². The molecular formula is C75H92F12O15. The molecule has 2 heterocycles. The zero-order chi connectivity index (χ0) is 75.0. The van der Waals surface area contributed by atoms with Crippen molar-refractivity contribution in [1.82, 2.24) is 0 Å². The van der Waals surface area contributed by atoms with Gasteiger partial charge in [-0.1, -0.05) is 192 Å². The van der Waals surface area contributed by atoms with Crippen LogP contribution in [0.15, 0.2) is 133 Å². The fraction of sp³-hybridized carbons (Fsp3) is 0.587. The van der Waals surface area contributed by atoms with Gasteiger partial charge in [-0.15, -0.1) is 0 Å². The van der Waals surface area contributed by atoms with Crippen LogP contribution in [-0.2, 0) is 93.7 Å². The normalized spacial score (nSPS) is 19.5. The Morgan fingerprint density at radius 1 is 0.402 bits per heavy atom. The first-order valence-electron chi connectivity index (χ1n) is 34.5. The SMILES string of the molecule is CCCCCCCCCCCC[C@H](OC(=O)[C@](OC)(c1ccccc1)C(F)(F)F)[C@@H]1CC[C@H]([C@@H](CCCC[C@@H](CCCCC[C@H](CC2=C[C@H](C)OC2=O)OC(=O)[C@](OC)(c2ccccc2)C(F)(F)F)OC(=O)[C@](OC)(c2ccccc2)C(F)(F)F)OC(=O)[C@](OC)(c2ccccc2)C(F)(F)F)O1. The molecular weight excluding hydrogens is 1370 g/mol. The van der Waals surface area contributed by atoms with Gasteiger partial charge in [0.1, 0.15) is 30.5 Å². The second-order valence-electron chi connectivity index (χ2n) is 25.6. The van der Waals surface area contributed by atoms with E-state index < -0.39 is 148 Å². The van der Waals surface area contributed by atoms with Crippen molar-refractivity contribution in [2.24, 2.45) is 0 Å². The van der Waals surface area contributed by atoms with Gasteiger partial charge in [0.15, 0.2) is 0 Å². The fourth-order valence-electron chi connectivity index (χ4n) is 13.3. The summed E-state index contributed by atoms with van der Waals surface area (Å²) in [6.07, 6.45) is -22.5. The molecule has 4 aromatic carbocycles. The summed E-state index contributed by atoms with van der Waals surface area (Å²) >= 11 is 0. The van der Waals surface area contributed by atoms with E-state index in [9.17, 15) is 24.0 Å². The Balaban J connectivity index is 1.29. The van der Waals surface area contributed by atoms with E-state index in [0.717, 1.165) is 99.9 Å². The first kappa shape index (κ1) is 83.9. The molecule has 0 spiro atoms. The Kier molecular flexibility index (Phi) is 31.3. The zero-order valence-electron chi connectivity index (χ0n) is 58.1. The number of alkyl halides is 12. The summed E-state index contributed by atoms with van der Waals surface area (Å²) in [7, 11) is 2.68. The molecule has 4 aromatic rings. The van der Waals surface area contributed by atoms with Crippen molar-refractivity contribution in [3.63, 3.8) is 0 Å². The number of methoxy groups -OCH3 is 4. The highest BCUT2D eigenvalue weighted by molar-refractivity contribution is 5.91. The number of unbranched alkanes of at least 4 members (excludes halogenated alkanes) is 12. The molecule has 0 aliphatic carbocycles. The third kappa shape index (κ3) is 20.3. The van der Waals surface area contributed by atoms with Gasteiger partial charge in [0.25, 0.3) is 22.4 Å². The number of cyclic esters (lactones) is 1. The molecule has 15 nitrogen and oxygen atoms in total. The Hall–Kier alpha value is -7.07. The average molecular weight is 1460 g/mol. The number of hydrogen-bond acceptors (Lipinski definition) is 15. The van der Waals surface area contributed by atoms with E-state index in [1.54, 1.807) is 0 Å². The lowest BCUT2D eigenvalue weighted by molar-refractivity contribution is -0.281. The molecule has 2 aliphatic rings. The van der Waals surface area contributed by atoms with Crippen molar-refractivity contribution in [2.45, 2.75) is 251 Å². The molecule has 0 aromatic heterocycles. The molecule has 6 rings (SSSR count). The lowest BCUT2D eigenvalue weighted by Crippen LogP contribution is -2.53. The molecule has 27 heteroatoms. The van der Waals surface area contributed by atoms with E-state index in [4.69, 9.17) is 47.4 Å². The number of esters is 5. The minimum Gasteiger partial charge on any atom is -0.460 e. The van der Waals surface area contributed by atoms with E-state index in [2.05, 4.69) is 6.92 Å². The molecule has 2 aliphatic heterocycles. The fourth-order valence-corrected chi connectivity index (χ4v) is 13.3. The van der Waals surface area contributed by atoms with Crippen molar-refractivity contribution in [3.8, 4) is 0 Å². The van der Waals surface area contributed by atoms with Crippen LogP contribution >= 0.6 is 0 Å². The lowest BCUT2D eigenvalue weighted by Gasteiger charge is -2.36. The maximum absolute atomic E-state index is 15.5. The summed E-state index contributed by atoms with van der Waals surface area (Å²) in [5.41, 5.74) is -17.2. The Bertz CT molecular complexity index is 3270. The average Bonchev–Trinajstić information content (AvgIpc) is 0.795. The van der Waals surface area contributed by atoms with Crippen molar-refractivity contribution in [1.29, 1.82) is 0 Å². The maximum Gasteiger partial charge on any atom is 0.432 e. The molecule has 566 valence electrons. The van der Waals surface area contributed by atoms with E-state index in [1.165, 1.54) is 85.8 Å². The molecule has 0 radical (unpaired) electrons. The van der Waals surface area contributed by atoms with Gasteiger partial charge in [-0.2, -0.15) is 52.7 Å². The first-order valence-corrected chi connectivity index (χ1v) is 34.5. The highest BCUT2D eigenvalue weighted by Crippen LogP contribution is 2.49. The van der Waals surface area contributed by atoms with Crippen LogP contribution in [0.1, 0.15) is 184 Å². The zero-order valence-corrected chi connectivity index (χ0v) is 58.1. The molecule has 0 unspecified atom stereocenters. The van der Waals surface area contributed by atoms with Crippen LogP contribution in [0.4, 0.5) is 52.7 Å². The number of rotatable bonds is 42. The Labute approximate surface area is 586 Å². The van der Waals surface area contributed by atoms with Crippen LogP contribution in [0.3, 0.4) is 0 Å². The predicted octanol–water partition coefficient (Wildman–Crippen LogP) is 17.7. The van der Waals surface area contributed by atoms with Gasteiger partial charge in [0, 0.05) is 62.7 Å². The quantitative estimate of drug-likeness (QED) is 0.0177. The number of ether oxygens (including phenoxy) is 10. The molecule has 11 atom stereocenters. The molecule has 0 N–H and O–H groups in total. The largest absolute Gasteiger partial charge is 0.460 e. The molecule has 0 saturated carbocycles. The monoisotopic (exact) mass is 1460 g/mol. The second kappa shape index (κ2) is 38.1. The molecule has 1 fully saturated rings. The first-order chi connectivity index (χ1) is 48.4. The molecule has 102 heavy (non-hydrogen) atoms. The second-order valence-corrected chi connectivity index (χ2v) is 25.6. The highest BCUT2D eigenvalue weighted by atomic mass is 19.4. The van der Waals surface area contributed by atoms with Gasteiger partial charge in [0.2, 0.25) is 0 Å². The van der Waals surface area contributed by atoms with E-state index in [0.29, 0.717) is 41.3 Å². The number of carbonyl (C=O) groups is 5. The summed E-state index contributed by atoms with van der Waals surface area (Å²) in [6.45, 7) is 3.64. The van der Waals surface area contributed by atoms with Crippen LogP contribution < -0.4 is 0 Å². The summed E-state index contributed by atoms with van der Waals surface area (Å²) in [5.74, 6) is -8.29. The Morgan fingerprint density at radius 3 is 0.990 bits per heavy atom. The van der Waals surface area contributed by atoms with E-state index >= 15 is 52.7 Å². The van der Waals surface area contributed by atoms with Crippen LogP contribution in [0.2, 0.25) is 0 Å². The van der Waals surface area contributed by atoms with Crippen molar-refractivity contribution in [3.05, 3.63) is 155 Å². The summed E-state index contributed by atoms with van der Waals surface area (Å²) in [4.78, 5) is 69.8. The highest BCUT2D eigenvalue weighted by Gasteiger charge is 2.68. The third-order valence-corrected chi connectivity index (χ3v) is 18.8. The minimum atomic E-state index is -5.48. The van der Waals surface area contributed by atoms with Crippen LogP contribution in [0, 0.1) is 0 Å². The predicted molar refractivity (Wildman–Crippen MR) is 348 cm³/mol. The van der Waals surface area contributed by atoms with E-state index in [1.807, 2.05) is 0 Å². The van der Waals surface area contributed by atoms with E-state index in [-0.39, 0.29) is 82.6 Å². The summed E-state index contributed by atoms with van der Waals surface area (Å²) < 4.78 is 239. The smallest absolute Gasteiger partial charge is 0.432 e. The maximum atomic E-state index is 15.5. The van der Waals surface area contributed by atoms with Crippen LogP contribution in [-0.4, -0.2) is 126 Å². The van der Waals surface area contributed by atoms with Crippen molar-refractivity contribution >= 4 is 29.8 Å². The van der Waals surface area contributed by atoms with Gasteiger partial charge < -0.3 is 47.4 Å². The van der Waals surface area contributed by atoms with Gasteiger partial charge >= 0.3 is 54.6 Å². The number of halogens is 12.